The Morgan fingerprint density at radius 2 is 1.93 bits per heavy atom. The Morgan fingerprint density at radius 1 is 1.29 bits per heavy atom. The minimum absolute atomic E-state index is 0.106. The van der Waals surface area contributed by atoms with Gasteiger partial charge in [-0.05, 0) is 19.3 Å². The molecule has 0 radical (unpaired) electrons. The van der Waals surface area contributed by atoms with Gasteiger partial charge in [0.2, 0.25) is 0 Å². The Hall–Kier alpha value is -0.0500. The number of rotatable bonds is 7. The van der Waals surface area contributed by atoms with Gasteiger partial charge in [0.05, 0.1) is 0 Å². The van der Waals surface area contributed by atoms with E-state index in [0.717, 1.165) is 32.1 Å². The van der Waals surface area contributed by atoms with Crippen LogP contribution in [0.2, 0.25) is 0 Å². The second-order valence-corrected chi connectivity index (χ2v) is 4.59. The molecule has 0 aliphatic carbocycles. The molecule has 0 bridgehead atoms. The van der Waals surface area contributed by atoms with Gasteiger partial charge in [-0.2, -0.15) is 0 Å². The number of esters is 1. The molecule has 0 aromatic heterocycles. The summed E-state index contributed by atoms with van der Waals surface area (Å²) in [5, 5.41) is 0. The molecular weight excluding hydrogens is 244 g/mol. The summed E-state index contributed by atoms with van der Waals surface area (Å²) in [6.45, 7) is 6.17. The molecule has 3 heteroatoms. The highest BCUT2D eigenvalue weighted by atomic mass is 79.9. The van der Waals surface area contributed by atoms with E-state index in [0.29, 0.717) is 0 Å². The standard InChI is InChI=1S/C11H21BrO2/c1-4-7-8-9(5-2)14-11(13)10(12)6-3/h9-10H,4-8H2,1-3H3/t9-,10-/m0/s1. The highest BCUT2D eigenvalue weighted by Crippen LogP contribution is 2.13. The van der Waals surface area contributed by atoms with Crippen molar-refractivity contribution in [1.82, 2.24) is 0 Å². The molecule has 0 unspecified atom stereocenters. The van der Waals surface area contributed by atoms with Crippen LogP contribution in [0, 0.1) is 0 Å². The molecule has 0 aliphatic heterocycles. The Morgan fingerprint density at radius 3 is 2.36 bits per heavy atom. The predicted octanol–water partition coefficient (Wildman–Crippen LogP) is 3.67. The first-order valence-electron chi connectivity index (χ1n) is 5.50. The summed E-state index contributed by atoms with van der Waals surface area (Å²) in [4.78, 5) is 11.3. The number of carbonyl (C=O) groups is 1. The van der Waals surface area contributed by atoms with E-state index in [1.807, 2.05) is 6.92 Å². The first kappa shape index (κ1) is 13.9. The molecule has 84 valence electrons. The van der Waals surface area contributed by atoms with Gasteiger partial charge in [0.25, 0.3) is 0 Å². The lowest BCUT2D eigenvalue weighted by molar-refractivity contribution is -0.148. The van der Waals surface area contributed by atoms with E-state index >= 15 is 0 Å². The van der Waals surface area contributed by atoms with Gasteiger partial charge in [-0.15, -0.1) is 0 Å². The van der Waals surface area contributed by atoms with Crippen LogP contribution in [0.3, 0.4) is 0 Å². The molecule has 14 heavy (non-hydrogen) atoms. The van der Waals surface area contributed by atoms with E-state index in [1.165, 1.54) is 0 Å². The molecule has 0 fully saturated rings. The van der Waals surface area contributed by atoms with Gasteiger partial charge in [0.1, 0.15) is 10.9 Å². The summed E-state index contributed by atoms with van der Waals surface area (Å²) in [6.07, 6.45) is 5.07. The van der Waals surface area contributed by atoms with Crippen molar-refractivity contribution in [1.29, 1.82) is 0 Å². The predicted molar refractivity (Wildman–Crippen MR) is 62.7 cm³/mol. The van der Waals surface area contributed by atoms with Gasteiger partial charge in [-0.1, -0.05) is 49.5 Å². The number of halogens is 1. The van der Waals surface area contributed by atoms with Crippen LogP contribution < -0.4 is 0 Å². The number of unbranched alkanes of at least 4 members (excludes halogenated alkanes) is 1. The van der Waals surface area contributed by atoms with Gasteiger partial charge in [0, 0.05) is 0 Å². The third kappa shape index (κ3) is 5.63. The number of hydrogen-bond donors (Lipinski definition) is 0. The lowest BCUT2D eigenvalue weighted by Gasteiger charge is -2.17. The molecule has 0 N–H and O–H groups in total. The maximum atomic E-state index is 11.4. The minimum atomic E-state index is -0.141. The summed E-state index contributed by atoms with van der Waals surface area (Å²) >= 11 is 3.29. The second kappa shape index (κ2) is 8.27. The van der Waals surface area contributed by atoms with Crippen LogP contribution in [0.25, 0.3) is 0 Å². The van der Waals surface area contributed by atoms with Gasteiger partial charge in [0.15, 0.2) is 0 Å². The zero-order valence-corrected chi connectivity index (χ0v) is 11.0. The zero-order valence-electron chi connectivity index (χ0n) is 9.38. The summed E-state index contributed by atoms with van der Waals surface area (Å²) in [5.74, 6) is -0.115. The molecular formula is C11H21BrO2. The Kier molecular flexibility index (Phi) is 8.24. The smallest absolute Gasteiger partial charge is 0.319 e. The molecule has 2 nitrogen and oxygen atoms in total. The number of alkyl halides is 1. The summed E-state index contributed by atoms with van der Waals surface area (Å²) < 4.78 is 5.37. The maximum Gasteiger partial charge on any atom is 0.319 e. The summed E-state index contributed by atoms with van der Waals surface area (Å²) in [6, 6.07) is 0. The molecule has 0 rings (SSSR count). The van der Waals surface area contributed by atoms with Gasteiger partial charge < -0.3 is 4.74 Å². The van der Waals surface area contributed by atoms with Gasteiger partial charge in [-0.3, -0.25) is 4.79 Å². The molecule has 0 heterocycles. The molecule has 0 aliphatic rings. The quantitative estimate of drug-likeness (QED) is 0.518. The monoisotopic (exact) mass is 264 g/mol. The van der Waals surface area contributed by atoms with Crippen molar-refractivity contribution in [3.05, 3.63) is 0 Å². The molecule has 0 aromatic carbocycles. The van der Waals surface area contributed by atoms with E-state index in [4.69, 9.17) is 4.74 Å². The average Bonchev–Trinajstić information content (AvgIpc) is 2.22. The summed E-state index contributed by atoms with van der Waals surface area (Å²) in [7, 11) is 0. The van der Waals surface area contributed by atoms with Crippen LogP contribution in [0.1, 0.15) is 52.9 Å². The zero-order chi connectivity index (χ0) is 11.0. The van der Waals surface area contributed by atoms with Crippen LogP contribution in [-0.4, -0.2) is 16.9 Å². The van der Waals surface area contributed by atoms with Crippen molar-refractivity contribution in [2.75, 3.05) is 0 Å². The topological polar surface area (TPSA) is 26.3 Å². The highest BCUT2D eigenvalue weighted by molar-refractivity contribution is 9.10. The molecule has 0 saturated heterocycles. The molecule has 0 saturated carbocycles. The number of ether oxygens (including phenoxy) is 1. The van der Waals surface area contributed by atoms with Crippen molar-refractivity contribution in [2.24, 2.45) is 0 Å². The Bertz CT molecular complexity index is 159. The fraction of sp³-hybridized carbons (Fsp3) is 0.909. The lowest BCUT2D eigenvalue weighted by atomic mass is 10.1. The van der Waals surface area contributed by atoms with Crippen molar-refractivity contribution in [3.63, 3.8) is 0 Å². The first-order valence-corrected chi connectivity index (χ1v) is 6.41. The number of hydrogen-bond acceptors (Lipinski definition) is 2. The summed E-state index contributed by atoms with van der Waals surface area (Å²) in [5.41, 5.74) is 0. The Balaban J connectivity index is 3.85. The average molecular weight is 265 g/mol. The van der Waals surface area contributed by atoms with Crippen LogP contribution in [-0.2, 0) is 9.53 Å². The molecule has 0 aromatic rings. The molecule has 0 amide bonds. The third-order valence-corrected chi connectivity index (χ3v) is 3.25. The van der Waals surface area contributed by atoms with E-state index in [1.54, 1.807) is 0 Å². The largest absolute Gasteiger partial charge is 0.462 e. The van der Waals surface area contributed by atoms with E-state index in [-0.39, 0.29) is 16.9 Å². The number of carbonyl (C=O) groups excluding carboxylic acids is 1. The van der Waals surface area contributed by atoms with E-state index < -0.39 is 0 Å². The minimum Gasteiger partial charge on any atom is -0.462 e. The van der Waals surface area contributed by atoms with Crippen molar-refractivity contribution < 1.29 is 9.53 Å². The second-order valence-electron chi connectivity index (χ2n) is 3.49. The lowest BCUT2D eigenvalue weighted by Crippen LogP contribution is -2.23. The normalized spacial score (nSPS) is 14.9. The van der Waals surface area contributed by atoms with Gasteiger partial charge in [-0.25, -0.2) is 0 Å². The van der Waals surface area contributed by atoms with Crippen molar-refractivity contribution >= 4 is 21.9 Å². The van der Waals surface area contributed by atoms with E-state index in [2.05, 4.69) is 29.8 Å². The fourth-order valence-corrected chi connectivity index (χ4v) is 1.29. The van der Waals surface area contributed by atoms with Crippen molar-refractivity contribution in [3.8, 4) is 0 Å². The van der Waals surface area contributed by atoms with Crippen LogP contribution in [0.4, 0.5) is 0 Å². The van der Waals surface area contributed by atoms with Gasteiger partial charge >= 0.3 is 5.97 Å². The van der Waals surface area contributed by atoms with Crippen LogP contribution in [0.5, 0.6) is 0 Å². The van der Waals surface area contributed by atoms with E-state index in [9.17, 15) is 4.79 Å². The maximum absolute atomic E-state index is 11.4. The fourth-order valence-electron chi connectivity index (χ4n) is 1.18. The van der Waals surface area contributed by atoms with Crippen molar-refractivity contribution in [2.45, 2.75) is 63.8 Å². The molecule has 0 spiro atoms. The SMILES string of the molecule is CCCC[C@H](CC)OC(=O)[C@@H](Br)CC. The first-order chi connectivity index (χ1) is 6.65. The van der Waals surface area contributed by atoms with Crippen LogP contribution >= 0.6 is 15.9 Å². The Labute approximate surface area is 95.5 Å². The highest BCUT2D eigenvalue weighted by Gasteiger charge is 2.18. The van der Waals surface area contributed by atoms with Crippen LogP contribution in [0.15, 0.2) is 0 Å². The molecule has 2 atom stereocenters. The third-order valence-electron chi connectivity index (χ3n) is 2.23.